The van der Waals surface area contributed by atoms with E-state index < -0.39 is 102 Å². The highest BCUT2D eigenvalue weighted by molar-refractivity contribution is 5.99. The molecule has 0 bridgehead atoms. The number of amides is 9. The number of nitrogens with one attached hydrogen (secondary N) is 5. The third-order valence-corrected chi connectivity index (χ3v) is 16.6. The van der Waals surface area contributed by atoms with Gasteiger partial charge in [0.15, 0.2) is 0 Å². The van der Waals surface area contributed by atoms with E-state index >= 15 is 0 Å². The minimum absolute atomic E-state index is 0.0101. The fraction of sp³-hybridized carbons (Fsp3) is 0.682. The van der Waals surface area contributed by atoms with Crippen LogP contribution in [0.1, 0.15) is 146 Å². The zero-order valence-corrected chi connectivity index (χ0v) is 56.2. The predicted octanol–water partition coefficient (Wildman–Crippen LogP) is 6.28. The Labute approximate surface area is 529 Å². The smallest absolute Gasteiger partial charge is 0.408 e. The van der Waals surface area contributed by atoms with E-state index in [1.54, 1.807) is 88.0 Å². The number of carbonyl (C=O) groups is 9. The Bertz CT molecular complexity index is 2600. The van der Waals surface area contributed by atoms with E-state index in [-0.39, 0.29) is 73.6 Å². The molecule has 1 heterocycles. The summed E-state index contributed by atoms with van der Waals surface area (Å²) in [6, 6.07) is 9.91. The number of likely N-dealkylation sites (tertiary alicyclic amines) is 1. The van der Waals surface area contributed by atoms with E-state index in [9.17, 15) is 48.3 Å². The van der Waals surface area contributed by atoms with E-state index in [2.05, 4.69) is 26.6 Å². The van der Waals surface area contributed by atoms with Gasteiger partial charge >= 0.3 is 18.1 Å². The van der Waals surface area contributed by atoms with Crippen molar-refractivity contribution in [3.8, 4) is 0 Å². The van der Waals surface area contributed by atoms with Crippen molar-refractivity contribution in [3.05, 3.63) is 65.7 Å². The van der Waals surface area contributed by atoms with Gasteiger partial charge in [0.1, 0.15) is 29.8 Å². The third kappa shape index (κ3) is 24.5. The number of carboxylic acid groups (broad SMARTS) is 1. The molecule has 1 aliphatic rings. The van der Waals surface area contributed by atoms with Crippen LogP contribution in [0.25, 0.3) is 0 Å². The van der Waals surface area contributed by atoms with Crippen molar-refractivity contribution in [1.29, 1.82) is 0 Å². The zero-order valence-electron chi connectivity index (χ0n) is 56.2. The second-order valence-electron chi connectivity index (χ2n) is 26.2. The van der Waals surface area contributed by atoms with E-state index in [1.807, 2.05) is 85.5 Å². The second-order valence-corrected chi connectivity index (χ2v) is 26.2. The van der Waals surface area contributed by atoms with Crippen LogP contribution in [-0.2, 0) is 60.6 Å². The summed E-state index contributed by atoms with van der Waals surface area (Å²) in [5.41, 5.74) is 6.71. The van der Waals surface area contributed by atoms with Gasteiger partial charge in [-0.15, -0.1) is 0 Å². The van der Waals surface area contributed by atoms with E-state index in [0.717, 1.165) is 11.1 Å². The average Bonchev–Trinajstić information content (AvgIpc) is 2.11. The van der Waals surface area contributed by atoms with Gasteiger partial charge in [0.2, 0.25) is 35.4 Å². The molecule has 2 aromatic carbocycles. The van der Waals surface area contributed by atoms with Gasteiger partial charge in [-0.2, -0.15) is 0 Å². The van der Waals surface area contributed by atoms with Gasteiger partial charge < -0.3 is 66.3 Å². The summed E-state index contributed by atoms with van der Waals surface area (Å²) in [4.78, 5) is 129. The van der Waals surface area contributed by atoms with Crippen LogP contribution in [0.3, 0.4) is 0 Å². The molecule has 2 aromatic rings. The normalized spacial score (nSPS) is 16.9. The number of anilines is 1. The molecule has 23 heteroatoms. The largest absolute Gasteiger partial charge is 0.480 e. The van der Waals surface area contributed by atoms with Crippen molar-refractivity contribution >= 4 is 59.2 Å². The van der Waals surface area contributed by atoms with Crippen molar-refractivity contribution in [3.63, 3.8) is 0 Å². The van der Waals surface area contributed by atoms with Gasteiger partial charge in [0, 0.05) is 60.1 Å². The maximum Gasteiger partial charge on any atom is 0.408 e. The molecular weight excluding hydrogens is 1140 g/mol. The first-order valence-corrected chi connectivity index (χ1v) is 31.6. The van der Waals surface area contributed by atoms with Crippen LogP contribution in [-0.4, -0.2) is 188 Å². The number of hydrogen-bond donors (Lipinski definition) is 7. The SMILES string of the molecule is CC[C@H](C)[C@@H]([C@@H](CC(=O)N1CCC[C@H]1[C@H](OC)[C@@H](C)C(=O)N[C@@H](Cc1ccccc1)C(=O)O)OC)N(C)C(=O)[C@H](CC(C)C)NC(=O)[C@H](C(C)C)N(C)CCc1ccc(N(C)C(=O)[C@H](CCCNC(N)=O)NC(=O)[C@H](CC(C)C)NC(=O)OC(C)(C)C)cc1. The molecule has 500 valence electrons. The Hall–Kier alpha value is -6.85. The maximum atomic E-state index is 14.9. The summed E-state index contributed by atoms with van der Waals surface area (Å²) in [6.07, 6.45) is 1.26. The number of alkyl carbamates (subject to hydrolysis) is 1. The second kappa shape index (κ2) is 36.7. The minimum Gasteiger partial charge on any atom is -0.480 e. The molecule has 1 saturated heterocycles. The highest BCUT2D eigenvalue weighted by Gasteiger charge is 2.44. The van der Waals surface area contributed by atoms with Crippen LogP contribution in [0.5, 0.6) is 0 Å². The van der Waals surface area contributed by atoms with Crippen molar-refractivity contribution in [2.75, 3.05) is 59.9 Å². The van der Waals surface area contributed by atoms with Crippen LogP contribution in [0.15, 0.2) is 54.6 Å². The van der Waals surface area contributed by atoms with Crippen LogP contribution in [0, 0.1) is 29.6 Å². The Morgan fingerprint density at radius 2 is 1.33 bits per heavy atom. The average molecular weight is 1250 g/mol. The van der Waals surface area contributed by atoms with Gasteiger partial charge in [-0.1, -0.05) is 111 Å². The van der Waals surface area contributed by atoms with Gasteiger partial charge in [-0.25, -0.2) is 14.4 Å². The Balaban J connectivity index is 1.77. The molecule has 1 fully saturated rings. The standard InChI is InChI=1S/C66H108N10O13/c1-18-43(8)56(53(87-16)39-54(77)76-34-23-27-52(76)57(88-17)44(9)58(78)71-51(63(83)84)38-46-24-20-19-21-25-46)75(15)62(82)50(37-41(4)5)70-60(80)55(42(6)7)73(13)35-32-45-28-30-47(31-29-45)74(14)61(81)48(26-22-33-68-64(67)85)69-59(79)49(36-40(2)3)72-65(86)89-66(10,11)12/h19-21,24-25,28-31,40-44,48-53,55-57H,18,22-23,26-27,32-39H2,1-17H3,(H,69,79)(H,70,80)(H,71,78)(H,72,86)(H,83,84)(H3,67,68,85)/t43-,44+,48-,49-,50-,51-,52-,53+,55-,56-,57+/m0/s1. The molecule has 0 aliphatic carbocycles. The molecule has 0 unspecified atom stereocenters. The summed E-state index contributed by atoms with van der Waals surface area (Å²) in [5, 5.41) is 23.9. The van der Waals surface area contributed by atoms with Gasteiger partial charge in [-0.05, 0) is 120 Å². The van der Waals surface area contributed by atoms with E-state index in [1.165, 1.54) is 19.1 Å². The Kier molecular flexibility index (Phi) is 31.5. The quantitative estimate of drug-likeness (QED) is 0.0370. The van der Waals surface area contributed by atoms with Crippen molar-refractivity contribution < 1.29 is 62.5 Å². The first-order valence-electron chi connectivity index (χ1n) is 31.6. The molecule has 1 aliphatic heterocycles. The number of primary amides is 1. The summed E-state index contributed by atoms with van der Waals surface area (Å²) in [5.74, 6) is -4.59. The number of nitrogens with two attached hydrogens (primary N) is 1. The maximum absolute atomic E-state index is 14.9. The van der Waals surface area contributed by atoms with Gasteiger partial charge in [-0.3, -0.25) is 33.7 Å². The number of likely N-dealkylation sites (N-methyl/N-ethyl adjacent to an activating group) is 3. The molecule has 3 rings (SSSR count). The topological polar surface area (TPSA) is 301 Å². The first-order chi connectivity index (χ1) is 41.7. The number of urea groups is 1. The molecular formula is C66H108N10O13. The first kappa shape index (κ1) is 76.4. The summed E-state index contributed by atoms with van der Waals surface area (Å²) >= 11 is 0. The van der Waals surface area contributed by atoms with Crippen LogP contribution >= 0.6 is 0 Å². The third-order valence-electron chi connectivity index (χ3n) is 16.6. The van der Waals surface area contributed by atoms with Crippen LogP contribution in [0.4, 0.5) is 15.3 Å². The molecule has 23 nitrogen and oxygen atoms in total. The molecule has 0 aromatic heterocycles. The molecule has 0 saturated carbocycles. The zero-order chi connectivity index (χ0) is 67.0. The van der Waals surface area contributed by atoms with Crippen LogP contribution in [0.2, 0.25) is 0 Å². The van der Waals surface area contributed by atoms with Crippen molar-refractivity contribution in [2.24, 2.45) is 35.3 Å². The van der Waals surface area contributed by atoms with Crippen molar-refractivity contribution in [2.45, 2.75) is 207 Å². The Morgan fingerprint density at radius 1 is 0.730 bits per heavy atom. The lowest BCUT2D eigenvalue weighted by atomic mass is 9.89. The van der Waals surface area contributed by atoms with Gasteiger partial charge in [0.25, 0.3) is 0 Å². The number of nitrogens with zero attached hydrogens (tertiary/aromatic N) is 4. The monoisotopic (exact) mass is 1250 g/mol. The molecule has 0 radical (unpaired) electrons. The Morgan fingerprint density at radius 3 is 1.87 bits per heavy atom. The lowest BCUT2D eigenvalue weighted by Gasteiger charge is -2.41. The van der Waals surface area contributed by atoms with Crippen molar-refractivity contribution in [1.82, 2.24) is 41.3 Å². The number of ether oxygens (including phenoxy) is 3. The highest BCUT2D eigenvalue weighted by atomic mass is 16.6. The molecule has 0 spiro atoms. The molecule has 8 N–H and O–H groups in total. The van der Waals surface area contributed by atoms with E-state index in [4.69, 9.17) is 19.9 Å². The molecule has 9 amide bonds. The predicted molar refractivity (Wildman–Crippen MR) is 343 cm³/mol. The summed E-state index contributed by atoms with van der Waals surface area (Å²) in [7, 11) is 8.17. The summed E-state index contributed by atoms with van der Waals surface area (Å²) in [6.45, 7) is 23.6. The number of carbonyl (C=O) groups excluding carboxylic acids is 8. The fourth-order valence-electron chi connectivity index (χ4n) is 11.8. The lowest BCUT2D eigenvalue weighted by Crippen LogP contribution is -2.59. The number of aliphatic carboxylic acids is 1. The molecule has 11 atom stereocenters. The number of rotatable bonds is 36. The lowest BCUT2D eigenvalue weighted by molar-refractivity contribution is -0.148. The minimum atomic E-state index is -1.17. The number of methoxy groups -OCH3 is 2. The number of hydrogen-bond acceptors (Lipinski definition) is 13. The van der Waals surface area contributed by atoms with Crippen LogP contribution < -0.4 is 37.2 Å². The number of carboxylic acids is 1. The summed E-state index contributed by atoms with van der Waals surface area (Å²) < 4.78 is 17.5. The van der Waals surface area contributed by atoms with E-state index in [0.29, 0.717) is 57.3 Å². The van der Waals surface area contributed by atoms with Gasteiger partial charge in [0.05, 0.1) is 42.7 Å². The highest BCUT2D eigenvalue weighted by Crippen LogP contribution is 2.30. The molecule has 89 heavy (non-hydrogen) atoms. The number of benzene rings is 2. The fourth-order valence-corrected chi connectivity index (χ4v) is 11.8.